The Kier molecular flexibility index (Phi) is 7.15. The molecule has 2 aromatic rings. The minimum Gasteiger partial charge on any atom is -0.497 e. The molecular formula is C28H32N2O4. The Morgan fingerprint density at radius 3 is 2.82 bits per heavy atom. The van der Waals surface area contributed by atoms with Gasteiger partial charge in [-0.05, 0) is 74.3 Å². The Morgan fingerprint density at radius 2 is 2.06 bits per heavy atom. The van der Waals surface area contributed by atoms with Gasteiger partial charge in [-0.15, -0.1) is 0 Å². The number of nitrogens with one attached hydrogen (secondary N) is 1. The van der Waals surface area contributed by atoms with E-state index in [4.69, 9.17) is 18.9 Å². The zero-order valence-corrected chi connectivity index (χ0v) is 19.6. The molecule has 0 radical (unpaired) electrons. The van der Waals surface area contributed by atoms with Crippen LogP contribution in [0.25, 0.3) is 10.9 Å². The van der Waals surface area contributed by atoms with Gasteiger partial charge in [-0.3, -0.25) is 4.98 Å². The van der Waals surface area contributed by atoms with Gasteiger partial charge < -0.3 is 24.3 Å². The number of methoxy groups -OCH3 is 1. The summed E-state index contributed by atoms with van der Waals surface area (Å²) in [6.07, 6.45) is 19.8. The first-order valence-electron chi connectivity index (χ1n) is 12.1. The maximum absolute atomic E-state index is 6.28. The topological polar surface area (TPSA) is 61.8 Å². The Balaban J connectivity index is 1.18. The van der Waals surface area contributed by atoms with Crippen LogP contribution in [0, 0.1) is 5.92 Å². The third-order valence-electron chi connectivity index (χ3n) is 6.86. The monoisotopic (exact) mass is 460 g/mol. The number of hydrogen-bond acceptors (Lipinski definition) is 6. The Labute approximate surface area is 200 Å². The van der Waals surface area contributed by atoms with E-state index in [1.165, 1.54) is 5.57 Å². The molecule has 3 aliphatic rings. The normalized spacial score (nSPS) is 22.9. The first-order chi connectivity index (χ1) is 16.8. The van der Waals surface area contributed by atoms with Gasteiger partial charge >= 0.3 is 0 Å². The molecule has 1 aromatic heterocycles. The molecule has 6 nitrogen and oxygen atoms in total. The van der Waals surface area contributed by atoms with Gasteiger partial charge in [0.2, 0.25) is 0 Å². The van der Waals surface area contributed by atoms with Gasteiger partial charge in [-0.1, -0.05) is 18.2 Å². The molecule has 0 spiro atoms. The molecule has 5 rings (SSSR count). The number of nitrogens with zero attached hydrogens (tertiary/aromatic N) is 1. The van der Waals surface area contributed by atoms with E-state index in [9.17, 15) is 0 Å². The molecule has 1 aromatic carbocycles. The molecule has 178 valence electrons. The van der Waals surface area contributed by atoms with Gasteiger partial charge in [-0.2, -0.15) is 0 Å². The summed E-state index contributed by atoms with van der Waals surface area (Å²) in [6, 6.07) is 8.32. The predicted octanol–water partition coefficient (Wildman–Crippen LogP) is 5.78. The first kappa shape index (κ1) is 22.5. The molecule has 6 heteroatoms. The van der Waals surface area contributed by atoms with E-state index in [2.05, 4.69) is 28.5 Å². The summed E-state index contributed by atoms with van der Waals surface area (Å²) in [5.74, 6) is 3.05. The molecule has 1 N–H and O–H groups in total. The molecule has 1 aliphatic heterocycles. The number of ether oxygens (including phenoxy) is 4. The van der Waals surface area contributed by atoms with Gasteiger partial charge in [0, 0.05) is 17.6 Å². The van der Waals surface area contributed by atoms with Crippen LogP contribution in [0.1, 0.15) is 38.5 Å². The number of aromatic nitrogens is 1. The third kappa shape index (κ3) is 5.28. The van der Waals surface area contributed by atoms with Crippen molar-refractivity contribution in [3.05, 3.63) is 78.8 Å². The molecule has 1 saturated carbocycles. The fourth-order valence-corrected chi connectivity index (χ4v) is 4.93. The van der Waals surface area contributed by atoms with Gasteiger partial charge in [0.1, 0.15) is 30.3 Å². The molecule has 1 atom stereocenters. The minimum absolute atomic E-state index is 0.0471. The lowest BCUT2D eigenvalue weighted by Crippen LogP contribution is -2.43. The largest absolute Gasteiger partial charge is 0.497 e. The summed E-state index contributed by atoms with van der Waals surface area (Å²) in [5, 5.41) is 4.85. The number of fused-ring (bicyclic) bond motifs is 1. The van der Waals surface area contributed by atoms with Crippen molar-refractivity contribution in [2.45, 2.75) is 50.6 Å². The summed E-state index contributed by atoms with van der Waals surface area (Å²) in [6.45, 7) is 0.718. The minimum atomic E-state index is 0.0471. The molecule has 0 bridgehead atoms. The van der Waals surface area contributed by atoms with E-state index >= 15 is 0 Å². The van der Waals surface area contributed by atoms with Crippen LogP contribution in [0.4, 0.5) is 0 Å². The molecule has 0 amide bonds. The van der Waals surface area contributed by atoms with Crippen LogP contribution in [0.5, 0.6) is 11.5 Å². The van der Waals surface area contributed by atoms with Crippen LogP contribution >= 0.6 is 0 Å². The highest BCUT2D eigenvalue weighted by atomic mass is 16.5. The van der Waals surface area contributed by atoms with Crippen LogP contribution in [-0.4, -0.2) is 30.8 Å². The lowest BCUT2D eigenvalue weighted by atomic mass is 9.85. The zero-order valence-electron chi connectivity index (χ0n) is 19.6. The molecule has 2 heterocycles. The van der Waals surface area contributed by atoms with Crippen molar-refractivity contribution in [1.29, 1.82) is 0 Å². The first-order valence-corrected chi connectivity index (χ1v) is 12.1. The van der Waals surface area contributed by atoms with Crippen LogP contribution in [0.2, 0.25) is 0 Å². The van der Waals surface area contributed by atoms with Crippen molar-refractivity contribution >= 4 is 10.9 Å². The Bertz CT molecular complexity index is 1110. The highest BCUT2D eigenvalue weighted by Gasteiger charge is 2.28. The van der Waals surface area contributed by atoms with E-state index in [0.29, 0.717) is 12.0 Å². The van der Waals surface area contributed by atoms with Gasteiger partial charge in [0.05, 0.1) is 25.3 Å². The summed E-state index contributed by atoms with van der Waals surface area (Å²) >= 11 is 0. The SMILES string of the molecule is COc1ccc2nccc(OCC3CCC(NC(C4=CC=CCC4)C4=COC=CO4)CC3)c2c1. The summed E-state index contributed by atoms with van der Waals surface area (Å²) < 4.78 is 22.8. The second kappa shape index (κ2) is 10.8. The maximum atomic E-state index is 6.28. The quantitative estimate of drug-likeness (QED) is 0.539. The van der Waals surface area contributed by atoms with Crippen molar-refractivity contribution in [2.75, 3.05) is 13.7 Å². The summed E-state index contributed by atoms with van der Waals surface area (Å²) in [4.78, 5) is 4.45. The summed E-state index contributed by atoms with van der Waals surface area (Å²) in [5.41, 5.74) is 2.26. The lowest BCUT2D eigenvalue weighted by molar-refractivity contribution is 0.182. The average molecular weight is 461 g/mol. The molecule has 34 heavy (non-hydrogen) atoms. The van der Waals surface area contributed by atoms with Crippen molar-refractivity contribution < 1.29 is 18.9 Å². The van der Waals surface area contributed by atoms with E-state index in [0.717, 1.165) is 73.3 Å². The zero-order chi connectivity index (χ0) is 23.2. The van der Waals surface area contributed by atoms with E-state index in [1.807, 2.05) is 24.3 Å². The van der Waals surface area contributed by atoms with Gasteiger partial charge in [0.25, 0.3) is 0 Å². The highest BCUT2D eigenvalue weighted by molar-refractivity contribution is 5.86. The number of rotatable bonds is 8. The fourth-order valence-electron chi connectivity index (χ4n) is 4.93. The third-order valence-corrected chi connectivity index (χ3v) is 6.86. The second-order valence-electron chi connectivity index (χ2n) is 9.08. The standard InChI is InChI=1S/C28H32N2O4/c1-31-23-11-12-25-24(17-23)26(13-14-29-25)34-18-20-7-9-22(10-8-20)30-28(21-5-3-2-4-6-21)27-19-32-15-16-33-27/h2-3,5,11-17,19-20,22,28,30H,4,6-10,18H2,1H3. The Hall–Kier alpha value is -3.25. The number of allylic oxidation sites excluding steroid dienone is 3. The highest BCUT2D eigenvalue weighted by Crippen LogP contribution is 2.31. The van der Waals surface area contributed by atoms with Gasteiger partial charge in [0.15, 0.2) is 5.76 Å². The van der Waals surface area contributed by atoms with E-state index < -0.39 is 0 Å². The average Bonchev–Trinajstić information content (AvgIpc) is 2.92. The smallest absolute Gasteiger partial charge is 0.159 e. The van der Waals surface area contributed by atoms with Crippen LogP contribution < -0.4 is 14.8 Å². The fraction of sp³-hybridized carbons (Fsp3) is 0.393. The van der Waals surface area contributed by atoms with Crippen LogP contribution in [0.3, 0.4) is 0 Å². The molecule has 1 fully saturated rings. The van der Waals surface area contributed by atoms with E-state index in [1.54, 1.807) is 32.1 Å². The predicted molar refractivity (Wildman–Crippen MR) is 132 cm³/mol. The maximum Gasteiger partial charge on any atom is 0.159 e. The van der Waals surface area contributed by atoms with Crippen molar-refractivity contribution in [3.8, 4) is 11.5 Å². The van der Waals surface area contributed by atoms with Gasteiger partial charge in [-0.25, -0.2) is 0 Å². The van der Waals surface area contributed by atoms with Crippen molar-refractivity contribution in [3.63, 3.8) is 0 Å². The molecule has 2 aliphatic carbocycles. The number of pyridine rings is 1. The van der Waals surface area contributed by atoms with Crippen molar-refractivity contribution in [1.82, 2.24) is 10.3 Å². The molecule has 0 saturated heterocycles. The Morgan fingerprint density at radius 1 is 1.15 bits per heavy atom. The van der Waals surface area contributed by atoms with Crippen LogP contribution in [0.15, 0.2) is 78.8 Å². The second-order valence-corrected chi connectivity index (χ2v) is 9.08. The summed E-state index contributed by atoms with van der Waals surface area (Å²) in [7, 11) is 1.68. The molecular weight excluding hydrogens is 428 g/mol. The van der Waals surface area contributed by atoms with Crippen LogP contribution in [-0.2, 0) is 9.47 Å². The number of benzene rings is 1. The lowest BCUT2D eigenvalue weighted by Gasteiger charge is -2.34. The van der Waals surface area contributed by atoms with Crippen molar-refractivity contribution in [2.24, 2.45) is 5.92 Å². The van der Waals surface area contributed by atoms with E-state index in [-0.39, 0.29) is 6.04 Å². The molecule has 1 unspecified atom stereocenters. The number of hydrogen-bond donors (Lipinski definition) is 1.